The Morgan fingerprint density at radius 1 is 1.55 bits per heavy atom. The van der Waals surface area contributed by atoms with Gasteiger partial charge in [-0.25, -0.2) is 0 Å². The maximum Gasteiger partial charge on any atom is 0.137 e. The van der Waals surface area contributed by atoms with E-state index in [0.717, 1.165) is 0 Å². The van der Waals surface area contributed by atoms with E-state index in [1.165, 1.54) is 6.07 Å². The average Bonchev–Trinajstić information content (AvgIpc) is 1.94. The van der Waals surface area contributed by atoms with Crippen molar-refractivity contribution in [3.63, 3.8) is 0 Å². The van der Waals surface area contributed by atoms with Crippen LogP contribution in [0.3, 0.4) is 0 Å². The van der Waals surface area contributed by atoms with E-state index in [1.54, 1.807) is 13.1 Å². The fourth-order valence-electron chi connectivity index (χ4n) is 0.656. The summed E-state index contributed by atoms with van der Waals surface area (Å²) in [6.07, 6.45) is 1.54. The molecule has 0 aromatic carbocycles. The van der Waals surface area contributed by atoms with Crippen LogP contribution in [0, 0.1) is 6.92 Å². The molecule has 1 rings (SSSR count). The summed E-state index contributed by atoms with van der Waals surface area (Å²) < 4.78 is 0. The molecular formula is C7H7Cl2NO. The molecule has 0 saturated carbocycles. The largest absolute Gasteiger partial charge is 0.506 e. The molecule has 0 atom stereocenters. The molecule has 0 radical (unpaired) electrons. The van der Waals surface area contributed by atoms with Crippen molar-refractivity contribution in [3.8, 4) is 5.75 Å². The Morgan fingerprint density at radius 2 is 2.18 bits per heavy atom. The van der Waals surface area contributed by atoms with E-state index < -0.39 is 4.84 Å². The average molecular weight is 192 g/mol. The second kappa shape index (κ2) is 3.28. The van der Waals surface area contributed by atoms with Crippen LogP contribution in [0.4, 0.5) is 0 Å². The first kappa shape index (κ1) is 8.62. The van der Waals surface area contributed by atoms with Crippen LogP contribution in [0.1, 0.15) is 16.1 Å². The lowest BCUT2D eigenvalue weighted by Crippen LogP contribution is -1.86. The summed E-state index contributed by atoms with van der Waals surface area (Å²) >= 11 is 11.1. The van der Waals surface area contributed by atoms with Crippen LogP contribution in [-0.2, 0) is 0 Å². The van der Waals surface area contributed by atoms with Gasteiger partial charge in [0, 0.05) is 11.8 Å². The van der Waals surface area contributed by atoms with E-state index in [-0.39, 0.29) is 5.75 Å². The number of aryl methyl sites for hydroxylation is 1. The van der Waals surface area contributed by atoms with Gasteiger partial charge in [0.1, 0.15) is 10.6 Å². The summed E-state index contributed by atoms with van der Waals surface area (Å²) in [7, 11) is 0. The smallest absolute Gasteiger partial charge is 0.137 e. The third-order valence-corrected chi connectivity index (χ3v) is 1.84. The van der Waals surface area contributed by atoms with Gasteiger partial charge in [-0.1, -0.05) is 23.2 Å². The van der Waals surface area contributed by atoms with Crippen molar-refractivity contribution in [2.45, 2.75) is 11.8 Å². The van der Waals surface area contributed by atoms with Crippen LogP contribution in [0.15, 0.2) is 12.3 Å². The zero-order chi connectivity index (χ0) is 8.43. The van der Waals surface area contributed by atoms with Crippen LogP contribution in [-0.4, -0.2) is 10.1 Å². The minimum atomic E-state index is -0.631. The van der Waals surface area contributed by atoms with Gasteiger partial charge >= 0.3 is 0 Å². The van der Waals surface area contributed by atoms with Crippen molar-refractivity contribution < 1.29 is 5.11 Å². The summed E-state index contributed by atoms with van der Waals surface area (Å²) in [5.74, 6) is 0.119. The Balaban J connectivity index is 3.05. The van der Waals surface area contributed by atoms with Crippen molar-refractivity contribution in [2.75, 3.05) is 0 Å². The van der Waals surface area contributed by atoms with Gasteiger partial charge in [-0.2, -0.15) is 0 Å². The van der Waals surface area contributed by atoms with E-state index in [0.29, 0.717) is 11.3 Å². The number of nitrogens with zero attached hydrogens (tertiary/aromatic N) is 1. The van der Waals surface area contributed by atoms with E-state index in [1.807, 2.05) is 0 Å². The maximum atomic E-state index is 9.17. The lowest BCUT2D eigenvalue weighted by Gasteiger charge is -2.02. The molecule has 60 valence electrons. The van der Waals surface area contributed by atoms with E-state index in [4.69, 9.17) is 28.3 Å². The molecule has 0 fully saturated rings. The van der Waals surface area contributed by atoms with Crippen LogP contribution in [0.25, 0.3) is 0 Å². The highest BCUT2D eigenvalue weighted by Crippen LogP contribution is 2.27. The quantitative estimate of drug-likeness (QED) is 0.693. The zero-order valence-electron chi connectivity index (χ0n) is 5.88. The van der Waals surface area contributed by atoms with Gasteiger partial charge in [0.05, 0.1) is 5.69 Å². The van der Waals surface area contributed by atoms with Gasteiger partial charge in [-0.05, 0) is 13.0 Å². The minimum absolute atomic E-state index is 0.119. The molecule has 2 nitrogen and oxygen atoms in total. The molecule has 1 N–H and O–H groups in total. The highest BCUT2D eigenvalue weighted by Gasteiger charge is 2.05. The summed E-state index contributed by atoms with van der Waals surface area (Å²) in [6.45, 7) is 1.70. The normalized spacial score (nSPS) is 10.5. The number of alkyl halides is 2. The van der Waals surface area contributed by atoms with Gasteiger partial charge in [0.15, 0.2) is 0 Å². The first-order valence-corrected chi connectivity index (χ1v) is 3.92. The molecule has 1 aromatic heterocycles. The standard InChI is InChI=1S/C7H7Cl2NO/c1-4-6(11)2-5(3-10-4)7(8)9/h2-3,7,11H,1H3. The van der Waals surface area contributed by atoms with Gasteiger partial charge in [-0.15, -0.1) is 0 Å². The van der Waals surface area contributed by atoms with E-state index in [9.17, 15) is 0 Å². The van der Waals surface area contributed by atoms with Crippen molar-refractivity contribution in [1.29, 1.82) is 0 Å². The second-order valence-electron chi connectivity index (χ2n) is 2.17. The number of hydrogen-bond donors (Lipinski definition) is 1. The first-order chi connectivity index (χ1) is 5.11. The Hall–Kier alpha value is -0.470. The monoisotopic (exact) mass is 191 g/mol. The number of pyridine rings is 1. The molecule has 0 aliphatic carbocycles. The summed E-state index contributed by atoms with van der Waals surface area (Å²) in [5, 5.41) is 9.17. The van der Waals surface area contributed by atoms with Gasteiger partial charge < -0.3 is 5.11 Å². The number of halogens is 2. The summed E-state index contributed by atoms with van der Waals surface area (Å²) in [6, 6.07) is 1.51. The number of aromatic nitrogens is 1. The van der Waals surface area contributed by atoms with Gasteiger partial charge in [-0.3, -0.25) is 4.98 Å². The van der Waals surface area contributed by atoms with Crippen LogP contribution in [0.5, 0.6) is 5.75 Å². The Labute approximate surface area is 74.8 Å². The van der Waals surface area contributed by atoms with Crippen LogP contribution in [0.2, 0.25) is 0 Å². The van der Waals surface area contributed by atoms with Crippen molar-refractivity contribution in [1.82, 2.24) is 4.98 Å². The third-order valence-electron chi connectivity index (χ3n) is 1.33. The predicted octanol–water partition coefficient (Wildman–Crippen LogP) is 2.57. The molecular weight excluding hydrogens is 185 g/mol. The fraction of sp³-hybridized carbons (Fsp3) is 0.286. The highest BCUT2D eigenvalue weighted by molar-refractivity contribution is 6.44. The van der Waals surface area contributed by atoms with Crippen molar-refractivity contribution in [3.05, 3.63) is 23.5 Å². The molecule has 0 amide bonds. The minimum Gasteiger partial charge on any atom is -0.506 e. The summed E-state index contributed by atoms with van der Waals surface area (Å²) in [4.78, 5) is 3.25. The molecule has 0 unspecified atom stereocenters. The third kappa shape index (κ3) is 1.98. The topological polar surface area (TPSA) is 33.1 Å². The Morgan fingerprint density at radius 3 is 2.64 bits per heavy atom. The Kier molecular flexibility index (Phi) is 2.58. The lowest BCUT2D eigenvalue weighted by atomic mass is 10.2. The molecule has 11 heavy (non-hydrogen) atoms. The number of hydrogen-bond acceptors (Lipinski definition) is 2. The van der Waals surface area contributed by atoms with Crippen molar-refractivity contribution in [2.24, 2.45) is 0 Å². The van der Waals surface area contributed by atoms with Gasteiger partial charge in [0.2, 0.25) is 0 Å². The highest BCUT2D eigenvalue weighted by atomic mass is 35.5. The number of aromatic hydroxyl groups is 1. The fourth-order valence-corrected chi connectivity index (χ4v) is 0.895. The molecule has 0 bridgehead atoms. The van der Waals surface area contributed by atoms with Crippen molar-refractivity contribution >= 4 is 23.2 Å². The molecule has 0 saturated heterocycles. The molecule has 1 heterocycles. The lowest BCUT2D eigenvalue weighted by molar-refractivity contribution is 0.467. The zero-order valence-corrected chi connectivity index (χ0v) is 7.39. The van der Waals surface area contributed by atoms with Gasteiger partial charge in [0.25, 0.3) is 0 Å². The second-order valence-corrected chi connectivity index (χ2v) is 3.27. The van der Waals surface area contributed by atoms with E-state index >= 15 is 0 Å². The molecule has 0 aliphatic rings. The first-order valence-electron chi connectivity index (χ1n) is 3.05. The van der Waals surface area contributed by atoms with Crippen LogP contribution >= 0.6 is 23.2 Å². The summed E-state index contributed by atoms with van der Waals surface area (Å²) in [5.41, 5.74) is 1.18. The molecule has 4 heteroatoms. The molecule has 0 spiro atoms. The van der Waals surface area contributed by atoms with Crippen LogP contribution < -0.4 is 0 Å². The number of rotatable bonds is 1. The Bertz CT molecular complexity index is 263. The maximum absolute atomic E-state index is 9.17. The SMILES string of the molecule is Cc1ncc(C(Cl)Cl)cc1O. The predicted molar refractivity (Wildman–Crippen MR) is 45.1 cm³/mol. The van der Waals surface area contributed by atoms with E-state index in [2.05, 4.69) is 4.98 Å². The molecule has 0 aliphatic heterocycles. The molecule has 1 aromatic rings.